The van der Waals surface area contributed by atoms with Crippen molar-refractivity contribution >= 4 is 52.0 Å². The third-order valence-corrected chi connectivity index (χ3v) is 12.9. The molecule has 4 aliphatic rings. The van der Waals surface area contributed by atoms with E-state index in [0.29, 0.717) is 29.8 Å². The summed E-state index contributed by atoms with van der Waals surface area (Å²) in [5, 5.41) is 16.0. The Labute approximate surface area is 337 Å². The molecule has 0 spiro atoms. The van der Waals surface area contributed by atoms with Gasteiger partial charge in [0.2, 0.25) is 5.91 Å². The largest absolute Gasteiger partial charge is 0.487 e. The molecule has 0 atom stereocenters. The Bertz CT molecular complexity index is 2200. The number of halogens is 1. The average molecular weight is 793 g/mol. The number of nitrogens with one attached hydrogen (secondary N) is 2. The zero-order chi connectivity index (χ0) is 40.1. The van der Waals surface area contributed by atoms with Gasteiger partial charge >= 0.3 is 6.03 Å². The Morgan fingerprint density at radius 3 is 2.40 bits per heavy atom. The lowest BCUT2D eigenvalue weighted by Crippen LogP contribution is -2.74. The van der Waals surface area contributed by atoms with Crippen molar-refractivity contribution in [3.8, 4) is 11.8 Å². The summed E-state index contributed by atoms with van der Waals surface area (Å²) in [7, 11) is 0. The van der Waals surface area contributed by atoms with Crippen LogP contribution in [-0.4, -0.2) is 93.7 Å². The molecule has 0 unspecified atom stereocenters. The van der Waals surface area contributed by atoms with Crippen molar-refractivity contribution in [2.75, 3.05) is 49.1 Å². The van der Waals surface area contributed by atoms with Crippen molar-refractivity contribution in [3.63, 3.8) is 0 Å². The highest BCUT2D eigenvalue weighted by Crippen LogP contribution is 2.55. The van der Waals surface area contributed by atoms with Gasteiger partial charge in [0.05, 0.1) is 22.5 Å². The minimum Gasteiger partial charge on any atom is -0.487 e. The molecule has 0 radical (unpaired) electrons. The SMILES string of the molecule is CC1(C)C(NC(=O)c2ccc(N3CCC(CN4CCC(n5ccc6c(N7CCC(=O)NC7=O)ccnc65)CC4)CC3)nc2)C(C)(C)C1Oc1cnc(C#N)c(Cl)c1. The number of ether oxygens (including phenoxy) is 1. The zero-order valence-corrected chi connectivity index (χ0v) is 33.6. The van der Waals surface area contributed by atoms with Crippen LogP contribution in [0.1, 0.15) is 81.9 Å². The van der Waals surface area contributed by atoms with Crippen LogP contribution in [0, 0.1) is 28.1 Å². The number of amides is 4. The van der Waals surface area contributed by atoms with E-state index in [4.69, 9.17) is 31.6 Å². The summed E-state index contributed by atoms with van der Waals surface area (Å²) in [5.41, 5.74) is 1.57. The van der Waals surface area contributed by atoms with Crippen LogP contribution in [0.2, 0.25) is 5.02 Å². The number of pyridine rings is 3. The van der Waals surface area contributed by atoms with Crippen molar-refractivity contribution in [2.24, 2.45) is 16.7 Å². The van der Waals surface area contributed by atoms with E-state index < -0.39 is 0 Å². The van der Waals surface area contributed by atoms with Gasteiger partial charge in [-0.1, -0.05) is 39.3 Å². The number of nitrogens with zero attached hydrogens (tertiary/aromatic N) is 8. The summed E-state index contributed by atoms with van der Waals surface area (Å²) in [6.07, 6.45) is 11.3. The van der Waals surface area contributed by atoms with Gasteiger partial charge in [0.1, 0.15) is 29.4 Å². The van der Waals surface area contributed by atoms with Crippen LogP contribution < -0.4 is 25.2 Å². The van der Waals surface area contributed by atoms with Gasteiger partial charge in [-0.25, -0.2) is 19.7 Å². The molecule has 298 valence electrons. The summed E-state index contributed by atoms with van der Waals surface area (Å²) >= 11 is 6.19. The minimum atomic E-state index is -0.383. The second kappa shape index (κ2) is 15.2. The van der Waals surface area contributed by atoms with Gasteiger partial charge in [-0.05, 0) is 55.9 Å². The monoisotopic (exact) mass is 792 g/mol. The first-order valence-corrected chi connectivity index (χ1v) is 20.2. The third-order valence-electron chi connectivity index (χ3n) is 12.6. The quantitative estimate of drug-likeness (QED) is 0.207. The fourth-order valence-electron chi connectivity index (χ4n) is 9.88. The molecule has 4 fully saturated rings. The number of aromatic nitrogens is 4. The van der Waals surface area contributed by atoms with Gasteiger partial charge in [-0.3, -0.25) is 19.8 Å². The summed E-state index contributed by atoms with van der Waals surface area (Å²) in [5.74, 6) is 1.59. The first-order chi connectivity index (χ1) is 27.3. The van der Waals surface area contributed by atoms with E-state index in [-0.39, 0.29) is 58.0 Å². The Morgan fingerprint density at radius 1 is 0.982 bits per heavy atom. The number of fused-ring (bicyclic) bond motifs is 1. The van der Waals surface area contributed by atoms with Crippen molar-refractivity contribution in [2.45, 2.75) is 78.0 Å². The second-order valence-corrected chi connectivity index (χ2v) is 17.5. The van der Waals surface area contributed by atoms with Crippen LogP contribution in [0.3, 0.4) is 0 Å². The molecule has 1 aliphatic carbocycles. The molecule has 15 heteroatoms. The maximum Gasteiger partial charge on any atom is 0.328 e. The predicted octanol–water partition coefficient (Wildman–Crippen LogP) is 5.96. The number of likely N-dealkylation sites (tertiary alicyclic amines) is 1. The number of anilines is 2. The molecule has 3 aliphatic heterocycles. The van der Waals surface area contributed by atoms with E-state index >= 15 is 0 Å². The highest BCUT2D eigenvalue weighted by atomic mass is 35.5. The molecule has 2 N–H and O–H groups in total. The lowest BCUT2D eigenvalue weighted by Gasteiger charge is -2.63. The predicted molar refractivity (Wildman–Crippen MR) is 216 cm³/mol. The summed E-state index contributed by atoms with van der Waals surface area (Å²) in [4.78, 5) is 57.8. The Hall–Kier alpha value is -5.26. The number of imide groups is 1. The van der Waals surface area contributed by atoms with Crippen LogP contribution in [0.25, 0.3) is 11.0 Å². The lowest BCUT2D eigenvalue weighted by molar-refractivity contribution is -0.164. The average Bonchev–Trinajstić information content (AvgIpc) is 3.64. The second-order valence-electron chi connectivity index (χ2n) is 17.1. The summed E-state index contributed by atoms with van der Waals surface area (Å²) < 4.78 is 8.58. The van der Waals surface area contributed by atoms with Crippen LogP contribution in [0.15, 0.2) is 55.1 Å². The number of urea groups is 1. The molecule has 57 heavy (non-hydrogen) atoms. The molecule has 3 saturated heterocycles. The summed E-state index contributed by atoms with van der Waals surface area (Å²) in [6, 6.07) is 11.1. The molecular formula is C42H49ClN10O4. The van der Waals surface area contributed by atoms with E-state index in [1.54, 1.807) is 23.4 Å². The van der Waals surface area contributed by atoms with Crippen molar-refractivity contribution < 1.29 is 19.1 Å². The molecule has 14 nitrogen and oxygen atoms in total. The van der Waals surface area contributed by atoms with Gasteiger partial charge in [-0.15, -0.1) is 0 Å². The van der Waals surface area contributed by atoms with Crippen LogP contribution >= 0.6 is 11.6 Å². The fraction of sp³-hybridized carbons (Fsp3) is 0.500. The Morgan fingerprint density at radius 2 is 1.74 bits per heavy atom. The maximum atomic E-state index is 13.5. The third kappa shape index (κ3) is 7.39. The molecule has 1 saturated carbocycles. The van der Waals surface area contributed by atoms with E-state index in [2.05, 4.69) is 63.9 Å². The molecule has 7 heterocycles. The first kappa shape index (κ1) is 38.6. The minimum absolute atomic E-state index is 0.153. The van der Waals surface area contributed by atoms with E-state index in [0.717, 1.165) is 80.9 Å². The molecule has 0 aromatic carbocycles. The molecule has 4 aromatic heterocycles. The Kier molecular flexibility index (Phi) is 10.3. The number of hydrogen-bond acceptors (Lipinski definition) is 10. The van der Waals surface area contributed by atoms with Crippen molar-refractivity contribution in [1.82, 2.24) is 35.1 Å². The highest BCUT2D eigenvalue weighted by molar-refractivity contribution is 6.31. The number of carbonyl (C=O) groups is 3. The highest BCUT2D eigenvalue weighted by Gasteiger charge is 2.64. The zero-order valence-electron chi connectivity index (χ0n) is 32.9. The van der Waals surface area contributed by atoms with Crippen LogP contribution in [0.5, 0.6) is 5.75 Å². The number of nitriles is 1. The van der Waals surface area contributed by atoms with Crippen LogP contribution in [-0.2, 0) is 4.79 Å². The van der Waals surface area contributed by atoms with Crippen molar-refractivity contribution in [3.05, 3.63) is 71.4 Å². The van der Waals surface area contributed by atoms with E-state index in [9.17, 15) is 14.4 Å². The lowest BCUT2D eigenvalue weighted by atomic mass is 9.49. The van der Waals surface area contributed by atoms with E-state index in [1.807, 2.05) is 30.3 Å². The van der Waals surface area contributed by atoms with Gasteiger partial charge < -0.3 is 24.4 Å². The fourth-order valence-corrected chi connectivity index (χ4v) is 10.1. The van der Waals surface area contributed by atoms with Crippen molar-refractivity contribution in [1.29, 1.82) is 5.26 Å². The topological polar surface area (TPSA) is 162 Å². The smallest absolute Gasteiger partial charge is 0.328 e. The molecule has 8 rings (SSSR count). The van der Waals surface area contributed by atoms with E-state index in [1.165, 1.54) is 6.20 Å². The number of piperidine rings is 2. The number of rotatable bonds is 9. The normalized spacial score (nSPS) is 22.8. The maximum absolute atomic E-state index is 13.5. The molecule has 4 amide bonds. The first-order valence-electron chi connectivity index (χ1n) is 19.9. The number of carbonyl (C=O) groups excluding carboxylic acids is 3. The molecule has 0 bridgehead atoms. The molecular weight excluding hydrogens is 744 g/mol. The van der Waals surface area contributed by atoms with Gasteiger partial charge in [0.25, 0.3) is 5.91 Å². The number of hydrogen-bond donors (Lipinski definition) is 2. The Balaban J connectivity index is 0.800. The molecule has 4 aromatic rings. The summed E-state index contributed by atoms with van der Waals surface area (Å²) in [6.45, 7) is 13.7. The van der Waals surface area contributed by atoms with Gasteiger partial charge in [0.15, 0.2) is 5.69 Å². The van der Waals surface area contributed by atoms with Gasteiger partial charge in [-0.2, -0.15) is 5.26 Å². The standard InChI is InChI=1S/C42H49ClN10O4/c1-41(2)38(42(3,4)39(41)57-29-21-31(43)32(22-44)46-24-29)49-37(55)27-5-6-34(47-23-27)51-17-8-26(9-18-51)25-50-15-10-28(11-16-50)52-19-12-30-33(7-14-45-36(30)52)53-20-13-35(54)48-40(53)56/h5-7,12,14,19,21,23-24,26,28,38-39H,8-11,13,15-18,20,25H2,1-4H3,(H,49,55)(H,48,54,56). The van der Waals surface area contributed by atoms with Crippen LogP contribution in [0.4, 0.5) is 16.3 Å². The van der Waals surface area contributed by atoms with Gasteiger partial charge in [0, 0.05) is 98.6 Å².